The average Bonchev–Trinajstić information content (AvgIpc) is 1.71. The smallest absolute Gasteiger partial charge is 0.341 e. The van der Waals surface area contributed by atoms with E-state index in [0.29, 0.717) is 114 Å². The van der Waals surface area contributed by atoms with Crippen molar-refractivity contribution in [3.05, 3.63) is 185 Å². The van der Waals surface area contributed by atoms with Crippen molar-refractivity contribution in [1.82, 2.24) is 28.5 Å². The van der Waals surface area contributed by atoms with Crippen LogP contribution in [0, 0.1) is 51.2 Å². The van der Waals surface area contributed by atoms with Gasteiger partial charge in [-0.15, -0.1) is 0 Å². The standard InChI is InChI=1S/C39H41FN4O7.C23H28FN3O4.C15H13NO3/c1-21-30-33(44(25-11-12-25)22(2)31(36(30)46)38(47)48)37(50-3)34(32(21)40)42-18-24-10-7-16-41(29(24)19-42)20-51-39(49)26-15-17-43-27(26)13-14-28(43)35(45)23-8-5-4-6-9-23;1-11-16-19(27(14-6-7-14)12(2)17(21(16)28)23(29)30)22(31-3)20(18(11)24)26-9-13-5-4-8-25-15(13)10-26;17-14(10-4-2-1-3-5-10)13-7-6-12-11(15(18)19)8-9-16(12)13/h4-6,8-9,13-14,24-26,29H,7,10-12,15-20H2,1-3H3,(H,47,48);13-15,25H,4-10H2,1-3H3,(H,29,30);1-7,11H,8-9H2,(H,18,19). The molecule has 4 N–H and O–H groups in total. The van der Waals surface area contributed by atoms with E-state index < -0.39 is 52.2 Å². The van der Waals surface area contributed by atoms with Crippen molar-refractivity contribution in [3.8, 4) is 11.5 Å². The van der Waals surface area contributed by atoms with Crippen LogP contribution in [0.1, 0.15) is 175 Å². The fourth-order valence-corrected chi connectivity index (χ4v) is 17.1. The molecule has 6 aliphatic heterocycles. The number of aromatic carboxylic acids is 2. The van der Waals surface area contributed by atoms with E-state index in [4.69, 9.17) is 19.3 Å². The molecule has 528 valence electrons. The highest BCUT2D eigenvalue weighted by atomic mass is 19.1. The number of anilines is 2. The summed E-state index contributed by atoms with van der Waals surface area (Å²) in [6, 6.07) is 25.7. The van der Waals surface area contributed by atoms with E-state index in [-0.39, 0.29) is 92.8 Å². The fourth-order valence-electron chi connectivity index (χ4n) is 17.1. The first-order valence-electron chi connectivity index (χ1n) is 34.9. The number of carbonyl (C=O) groups excluding carboxylic acids is 3. The Bertz CT molecular complexity index is 4830. The second-order valence-corrected chi connectivity index (χ2v) is 28.1. The van der Waals surface area contributed by atoms with E-state index in [1.807, 2.05) is 70.5 Å². The molecule has 6 unspecified atom stereocenters. The number of piperidine rings is 2. The number of fused-ring (bicyclic) bond motifs is 6. The Kier molecular flexibility index (Phi) is 18.4. The molecule has 6 fully saturated rings. The molecule has 24 heteroatoms. The summed E-state index contributed by atoms with van der Waals surface area (Å²) >= 11 is 0. The number of carboxylic acid groups (broad SMARTS) is 3. The number of benzene rings is 4. The molecule has 10 heterocycles. The number of ether oxygens (including phenoxy) is 3. The number of rotatable bonds is 16. The van der Waals surface area contributed by atoms with Gasteiger partial charge in [-0.05, 0) is 135 Å². The van der Waals surface area contributed by atoms with Crippen molar-refractivity contribution >= 4 is 68.6 Å². The van der Waals surface area contributed by atoms with Crippen molar-refractivity contribution < 1.29 is 67.1 Å². The van der Waals surface area contributed by atoms with Gasteiger partial charge in [0.25, 0.3) is 0 Å². The molecule has 4 saturated heterocycles. The number of nitrogens with one attached hydrogen (secondary N) is 1. The number of esters is 1. The highest BCUT2D eigenvalue weighted by Gasteiger charge is 2.45. The number of likely N-dealkylation sites (tertiary alicyclic amines) is 1. The van der Waals surface area contributed by atoms with Gasteiger partial charge in [-0.3, -0.25) is 33.7 Å². The molecule has 0 radical (unpaired) electrons. The lowest BCUT2D eigenvalue weighted by molar-refractivity contribution is -0.152. The third-order valence-corrected chi connectivity index (χ3v) is 22.3. The topological polar surface area (TPSA) is 266 Å². The van der Waals surface area contributed by atoms with Gasteiger partial charge in [-0.2, -0.15) is 0 Å². The summed E-state index contributed by atoms with van der Waals surface area (Å²) < 4.78 is 57.6. The molecule has 8 aromatic rings. The first kappa shape index (κ1) is 68.2. The van der Waals surface area contributed by atoms with Gasteiger partial charge in [-0.25, -0.2) is 18.4 Å². The summed E-state index contributed by atoms with van der Waals surface area (Å²) in [7, 11) is 2.96. The molecule has 16 rings (SSSR count). The van der Waals surface area contributed by atoms with E-state index in [9.17, 15) is 48.6 Å². The number of pyridine rings is 2. The first-order valence-corrected chi connectivity index (χ1v) is 34.9. The van der Waals surface area contributed by atoms with Crippen LogP contribution in [0.2, 0.25) is 0 Å². The van der Waals surface area contributed by atoms with Gasteiger partial charge in [0.05, 0.1) is 59.2 Å². The first-order chi connectivity index (χ1) is 48.6. The van der Waals surface area contributed by atoms with Crippen LogP contribution in [-0.4, -0.2) is 146 Å². The number of aliphatic carboxylic acids is 1. The zero-order valence-electron chi connectivity index (χ0n) is 57.4. The van der Waals surface area contributed by atoms with Gasteiger partial charge in [0, 0.05) is 115 Å². The molecular weight excluding hydrogens is 1300 g/mol. The van der Waals surface area contributed by atoms with Crippen molar-refractivity contribution in [2.75, 3.05) is 70.0 Å². The second-order valence-electron chi connectivity index (χ2n) is 28.1. The molecular formula is C77H82F2N8O14. The Balaban J connectivity index is 0.000000146. The van der Waals surface area contributed by atoms with Gasteiger partial charge in [-0.1, -0.05) is 60.7 Å². The SMILES string of the molecule is COc1c(N2CC3CCCN(COC(=O)C4CCn5c(C(=O)c6ccccc6)ccc54)C3C2)c(F)c(C)c2c(=O)c(C(=O)O)c(C)n(C3CC3)c12.COc1c(N2CC3CCCNC3C2)c(F)c(C)c2c(=O)c(C(=O)O)c(C)n(C3CC3)c12.O=C(c1ccccc1)c1ccc2n1CCC2C(=O)O. The molecule has 8 aliphatic rings. The lowest BCUT2D eigenvalue weighted by Crippen LogP contribution is -2.46. The molecule has 4 aromatic heterocycles. The quantitative estimate of drug-likeness (QED) is 0.0517. The van der Waals surface area contributed by atoms with Crippen molar-refractivity contribution in [3.63, 3.8) is 0 Å². The molecule has 2 saturated carbocycles. The number of aryl methyl sites for hydroxylation is 2. The highest BCUT2D eigenvalue weighted by molar-refractivity contribution is 6.09. The van der Waals surface area contributed by atoms with E-state index in [1.54, 1.807) is 63.2 Å². The number of carbonyl (C=O) groups is 6. The largest absolute Gasteiger partial charge is 0.492 e. The van der Waals surface area contributed by atoms with Gasteiger partial charge in [0.1, 0.15) is 29.2 Å². The fraction of sp³-hybridized carbons (Fsp3) is 0.429. The van der Waals surface area contributed by atoms with Crippen LogP contribution in [0.3, 0.4) is 0 Å². The number of aromatic nitrogens is 4. The number of methoxy groups -OCH3 is 2. The zero-order chi connectivity index (χ0) is 71.1. The number of halogens is 2. The molecule has 22 nitrogen and oxygen atoms in total. The zero-order valence-corrected chi connectivity index (χ0v) is 57.4. The van der Waals surface area contributed by atoms with E-state index in [2.05, 4.69) is 10.2 Å². The number of carboxylic acids is 3. The summed E-state index contributed by atoms with van der Waals surface area (Å²) in [5.41, 5.74) is 4.59. The second kappa shape index (κ2) is 27.2. The molecule has 0 spiro atoms. The van der Waals surface area contributed by atoms with Crippen LogP contribution in [0.15, 0.2) is 94.5 Å². The van der Waals surface area contributed by atoms with E-state index >= 15 is 8.78 Å². The van der Waals surface area contributed by atoms with E-state index in [1.165, 1.54) is 21.1 Å². The summed E-state index contributed by atoms with van der Waals surface area (Å²) in [4.78, 5) is 107. The third-order valence-electron chi connectivity index (χ3n) is 22.3. The highest BCUT2D eigenvalue weighted by Crippen LogP contribution is 2.50. The summed E-state index contributed by atoms with van der Waals surface area (Å²) in [5.74, 6) is -4.72. The van der Waals surface area contributed by atoms with Crippen LogP contribution >= 0.6 is 0 Å². The summed E-state index contributed by atoms with van der Waals surface area (Å²) in [6.07, 6.45) is 8.62. The minimum Gasteiger partial charge on any atom is -0.492 e. The summed E-state index contributed by atoms with van der Waals surface area (Å²) in [6.45, 7) is 11.8. The van der Waals surface area contributed by atoms with Crippen LogP contribution in [0.25, 0.3) is 21.8 Å². The number of hydrogen-bond donors (Lipinski definition) is 4. The maximum atomic E-state index is 16.5. The average molecular weight is 1380 g/mol. The number of nitrogens with zero attached hydrogens (tertiary/aromatic N) is 7. The van der Waals surface area contributed by atoms with Crippen LogP contribution in [0.4, 0.5) is 20.2 Å². The van der Waals surface area contributed by atoms with Gasteiger partial charge in [0.15, 0.2) is 23.1 Å². The lowest BCUT2D eigenvalue weighted by atomic mass is 9.92. The van der Waals surface area contributed by atoms with Crippen LogP contribution in [0.5, 0.6) is 11.5 Å². The van der Waals surface area contributed by atoms with Crippen molar-refractivity contribution in [2.24, 2.45) is 11.8 Å². The third kappa shape index (κ3) is 11.9. The Labute approximate surface area is 580 Å². The van der Waals surface area contributed by atoms with Crippen molar-refractivity contribution in [2.45, 2.75) is 141 Å². The van der Waals surface area contributed by atoms with Gasteiger partial charge in [0.2, 0.25) is 22.4 Å². The Hall–Kier alpha value is -9.94. The molecule has 2 aliphatic carbocycles. The normalized spacial score (nSPS) is 21.2. The van der Waals surface area contributed by atoms with Gasteiger partial charge >= 0.3 is 23.9 Å². The van der Waals surface area contributed by atoms with Crippen molar-refractivity contribution in [1.29, 1.82) is 0 Å². The summed E-state index contributed by atoms with van der Waals surface area (Å²) in [5, 5.41) is 32.5. The van der Waals surface area contributed by atoms with E-state index in [0.717, 1.165) is 82.4 Å². The maximum absolute atomic E-state index is 16.5. The number of ketones is 2. The van der Waals surface area contributed by atoms with Crippen LogP contribution < -0.4 is 35.4 Å². The molecule has 4 aromatic carbocycles. The molecule has 0 bridgehead atoms. The minimum atomic E-state index is -1.33. The molecule has 101 heavy (non-hydrogen) atoms. The molecule has 0 amide bonds. The Morgan fingerprint density at radius 3 is 1.48 bits per heavy atom. The lowest BCUT2D eigenvalue weighted by Gasteiger charge is -2.36. The predicted molar refractivity (Wildman–Crippen MR) is 373 cm³/mol. The van der Waals surface area contributed by atoms with Gasteiger partial charge < -0.3 is 62.9 Å². The van der Waals surface area contributed by atoms with Crippen LogP contribution in [-0.2, 0) is 27.4 Å². The Morgan fingerprint density at radius 1 is 0.545 bits per heavy atom. The maximum Gasteiger partial charge on any atom is 0.341 e. The number of hydrogen-bond acceptors (Lipinski definition) is 15. The monoisotopic (exact) mass is 1380 g/mol. The Morgan fingerprint density at radius 2 is 1.01 bits per heavy atom. The molecule has 6 atom stereocenters. The minimum absolute atomic E-state index is 0.00260. The predicted octanol–water partition coefficient (Wildman–Crippen LogP) is 10.7.